The van der Waals surface area contributed by atoms with Gasteiger partial charge in [0.2, 0.25) is 0 Å². The third-order valence-corrected chi connectivity index (χ3v) is 5.54. The van der Waals surface area contributed by atoms with Crippen LogP contribution in [-0.4, -0.2) is 15.9 Å². The Morgan fingerprint density at radius 1 is 1.12 bits per heavy atom. The lowest BCUT2D eigenvalue weighted by molar-refractivity contribution is 0.0938. The maximum Gasteiger partial charge on any atom is 0.272 e. The van der Waals surface area contributed by atoms with Gasteiger partial charge in [-0.3, -0.25) is 9.78 Å². The number of benzene rings is 1. The van der Waals surface area contributed by atoms with Crippen LogP contribution in [0.4, 0.5) is 0 Å². The van der Waals surface area contributed by atoms with Crippen molar-refractivity contribution in [1.29, 1.82) is 0 Å². The molecule has 0 saturated carbocycles. The Kier molecular flexibility index (Phi) is 4.57. The van der Waals surface area contributed by atoms with Gasteiger partial charge in [0.15, 0.2) is 0 Å². The molecule has 0 saturated heterocycles. The lowest BCUT2D eigenvalue weighted by atomic mass is 9.89. The lowest BCUT2D eigenvalue weighted by Gasteiger charge is -2.22. The van der Waals surface area contributed by atoms with Crippen molar-refractivity contribution in [3.63, 3.8) is 0 Å². The molecule has 4 rings (SSSR count). The van der Waals surface area contributed by atoms with Gasteiger partial charge in [-0.1, -0.05) is 24.3 Å². The zero-order valence-corrected chi connectivity index (χ0v) is 14.6. The smallest absolute Gasteiger partial charge is 0.272 e. The van der Waals surface area contributed by atoms with Crippen LogP contribution in [-0.2, 0) is 12.8 Å². The largest absolute Gasteiger partial charge is 0.339 e. The van der Waals surface area contributed by atoms with E-state index in [1.54, 1.807) is 17.5 Å². The molecule has 0 unspecified atom stereocenters. The number of rotatable bonds is 4. The summed E-state index contributed by atoms with van der Waals surface area (Å²) in [5.41, 5.74) is 4.32. The van der Waals surface area contributed by atoms with Gasteiger partial charge in [0.25, 0.3) is 5.91 Å². The molecule has 3 aromatic rings. The van der Waals surface area contributed by atoms with E-state index >= 15 is 0 Å². The number of amides is 1. The topological polar surface area (TPSA) is 54.9 Å². The molecule has 2 heterocycles. The fourth-order valence-corrected chi connectivity index (χ4v) is 4.13. The van der Waals surface area contributed by atoms with Crippen molar-refractivity contribution in [1.82, 2.24) is 15.3 Å². The number of nitrogens with one attached hydrogen (secondary N) is 1. The first-order valence-electron chi connectivity index (χ1n) is 8.53. The minimum Gasteiger partial charge on any atom is -0.339 e. The minimum absolute atomic E-state index is 0.165. The Bertz CT molecular complexity index is 862. The first kappa shape index (κ1) is 16.0. The van der Waals surface area contributed by atoms with Crippen molar-refractivity contribution in [3.8, 4) is 0 Å². The van der Waals surface area contributed by atoms with Crippen LogP contribution >= 0.6 is 11.3 Å². The number of hydrogen-bond donors (Lipinski definition) is 1. The molecule has 4 nitrogen and oxygen atoms in total. The van der Waals surface area contributed by atoms with Crippen LogP contribution < -0.4 is 5.32 Å². The van der Waals surface area contributed by atoms with E-state index < -0.39 is 0 Å². The number of carbonyl (C=O) groups excluding carboxylic acids is 1. The van der Waals surface area contributed by atoms with E-state index in [1.165, 1.54) is 36.4 Å². The molecule has 0 bridgehead atoms. The lowest BCUT2D eigenvalue weighted by Crippen LogP contribution is -2.29. The zero-order chi connectivity index (χ0) is 17.1. The quantitative estimate of drug-likeness (QED) is 0.776. The van der Waals surface area contributed by atoms with Crippen molar-refractivity contribution in [2.75, 3.05) is 0 Å². The van der Waals surface area contributed by atoms with E-state index in [4.69, 9.17) is 0 Å². The monoisotopic (exact) mass is 349 g/mol. The summed E-state index contributed by atoms with van der Waals surface area (Å²) < 4.78 is 0. The van der Waals surface area contributed by atoms with Gasteiger partial charge < -0.3 is 5.32 Å². The molecule has 0 aliphatic heterocycles. The predicted molar refractivity (Wildman–Crippen MR) is 98.7 cm³/mol. The van der Waals surface area contributed by atoms with Gasteiger partial charge in [0.05, 0.1) is 12.2 Å². The first-order valence-corrected chi connectivity index (χ1v) is 9.41. The van der Waals surface area contributed by atoms with E-state index in [1.807, 2.05) is 11.4 Å². The van der Waals surface area contributed by atoms with Crippen LogP contribution in [0, 0.1) is 0 Å². The van der Waals surface area contributed by atoms with Gasteiger partial charge in [-0.05, 0) is 53.8 Å². The average Bonchev–Trinajstić information content (AvgIpc) is 3.20. The molecule has 0 spiro atoms. The molecule has 1 atom stereocenters. The zero-order valence-electron chi connectivity index (χ0n) is 13.8. The van der Waals surface area contributed by atoms with Crippen LogP contribution in [0.25, 0.3) is 0 Å². The summed E-state index contributed by atoms with van der Waals surface area (Å²) >= 11 is 1.65. The van der Waals surface area contributed by atoms with E-state index in [0.29, 0.717) is 5.69 Å². The Hall–Kier alpha value is -2.53. The number of nitrogens with zero attached hydrogens (tertiary/aromatic N) is 2. The summed E-state index contributed by atoms with van der Waals surface area (Å²) in [5.74, 6) is -0.204. The van der Waals surface area contributed by atoms with Gasteiger partial charge in [-0.2, -0.15) is 0 Å². The molecule has 1 amide bonds. The Morgan fingerprint density at radius 2 is 2.00 bits per heavy atom. The van der Waals surface area contributed by atoms with Crippen molar-refractivity contribution < 1.29 is 4.79 Å². The van der Waals surface area contributed by atoms with Crippen LogP contribution in [0.2, 0.25) is 0 Å². The molecular weight excluding hydrogens is 330 g/mol. The highest BCUT2D eigenvalue weighted by atomic mass is 32.1. The Morgan fingerprint density at radius 3 is 2.76 bits per heavy atom. The number of hydrogen-bond acceptors (Lipinski definition) is 4. The number of carbonyl (C=O) groups is 1. The fraction of sp³-hybridized carbons (Fsp3) is 0.250. The molecular formula is C20H19N3OS. The first-order chi connectivity index (χ1) is 12.3. The third-order valence-electron chi connectivity index (χ3n) is 4.60. The minimum atomic E-state index is -0.204. The van der Waals surface area contributed by atoms with Gasteiger partial charge in [-0.15, -0.1) is 11.3 Å². The highest BCUT2D eigenvalue weighted by Crippen LogP contribution is 2.30. The van der Waals surface area contributed by atoms with Crippen molar-refractivity contribution in [2.45, 2.75) is 31.7 Å². The molecule has 0 fully saturated rings. The van der Waals surface area contributed by atoms with Gasteiger partial charge in [-0.25, -0.2) is 4.98 Å². The summed E-state index contributed by atoms with van der Waals surface area (Å²) in [6.07, 6.45) is 9.39. The molecule has 126 valence electrons. The van der Waals surface area contributed by atoms with Gasteiger partial charge in [0, 0.05) is 17.3 Å². The maximum absolute atomic E-state index is 12.6. The summed E-state index contributed by atoms with van der Waals surface area (Å²) in [7, 11) is 0. The number of thiophene rings is 1. The third kappa shape index (κ3) is 3.46. The maximum atomic E-state index is 12.6. The summed E-state index contributed by atoms with van der Waals surface area (Å²) in [6.45, 7) is 0. The standard InChI is InChI=1S/C20H19N3OS/c24-20(17-13-21-9-10-22-17)23-19(18-6-3-11-25-18)16-8-7-14-4-1-2-5-15(14)12-16/h3,6-13,19H,1-2,4-5H2,(H,23,24)/t19-/m0/s1. The second-order valence-corrected chi connectivity index (χ2v) is 7.23. The summed E-state index contributed by atoms with van der Waals surface area (Å²) in [5, 5.41) is 5.16. The Balaban J connectivity index is 1.66. The average molecular weight is 349 g/mol. The van der Waals surface area contributed by atoms with Gasteiger partial charge >= 0.3 is 0 Å². The van der Waals surface area contributed by atoms with Crippen molar-refractivity contribution in [3.05, 3.63) is 81.6 Å². The van der Waals surface area contributed by atoms with E-state index in [2.05, 4.69) is 39.6 Å². The van der Waals surface area contributed by atoms with Crippen LogP contribution in [0.15, 0.2) is 54.3 Å². The second kappa shape index (κ2) is 7.15. The SMILES string of the molecule is O=C(N[C@@H](c1ccc2c(c1)CCCC2)c1cccs1)c1cnccn1. The highest BCUT2D eigenvalue weighted by Gasteiger charge is 2.21. The van der Waals surface area contributed by atoms with Crippen LogP contribution in [0.5, 0.6) is 0 Å². The highest BCUT2D eigenvalue weighted by molar-refractivity contribution is 7.10. The fourth-order valence-electron chi connectivity index (χ4n) is 3.33. The molecule has 25 heavy (non-hydrogen) atoms. The number of fused-ring (bicyclic) bond motifs is 1. The van der Waals surface area contributed by atoms with Crippen LogP contribution in [0.3, 0.4) is 0 Å². The molecule has 1 N–H and O–H groups in total. The van der Waals surface area contributed by atoms with E-state index in [-0.39, 0.29) is 11.9 Å². The Labute approximate surface area is 151 Å². The number of aromatic nitrogens is 2. The van der Waals surface area contributed by atoms with Gasteiger partial charge in [0.1, 0.15) is 5.69 Å². The van der Waals surface area contributed by atoms with E-state index in [9.17, 15) is 4.79 Å². The normalized spacial score (nSPS) is 14.6. The second-order valence-electron chi connectivity index (χ2n) is 6.25. The molecule has 5 heteroatoms. The van der Waals surface area contributed by atoms with E-state index in [0.717, 1.165) is 23.3 Å². The summed E-state index contributed by atoms with van der Waals surface area (Å²) in [6, 6.07) is 10.5. The summed E-state index contributed by atoms with van der Waals surface area (Å²) in [4.78, 5) is 21.8. The molecule has 1 aliphatic carbocycles. The number of aryl methyl sites for hydroxylation is 2. The predicted octanol–water partition coefficient (Wildman–Crippen LogP) is 3.94. The van der Waals surface area contributed by atoms with Crippen molar-refractivity contribution >= 4 is 17.2 Å². The van der Waals surface area contributed by atoms with Crippen LogP contribution in [0.1, 0.15) is 50.9 Å². The molecule has 1 aliphatic rings. The molecule has 0 radical (unpaired) electrons. The van der Waals surface area contributed by atoms with Crippen molar-refractivity contribution in [2.24, 2.45) is 0 Å². The molecule has 1 aromatic carbocycles. The molecule has 2 aromatic heterocycles.